The normalized spacial score (nSPS) is 19.6. The summed E-state index contributed by atoms with van der Waals surface area (Å²) in [6.07, 6.45) is -2.44. The number of aliphatic hydroxyl groups excluding tert-OH is 1. The number of hydrogen-bond acceptors (Lipinski definition) is 3. The Balaban J connectivity index is 1.83. The fraction of sp³-hybridized carbons (Fsp3) is 0.562. The molecule has 1 aromatic rings. The molecule has 1 amide bonds. The van der Waals surface area contributed by atoms with Gasteiger partial charge < -0.3 is 15.3 Å². The van der Waals surface area contributed by atoms with Crippen molar-refractivity contribution in [2.45, 2.75) is 19.0 Å². The van der Waals surface area contributed by atoms with E-state index < -0.39 is 17.6 Å². The van der Waals surface area contributed by atoms with Crippen LogP contribution in [0.4, 0.5) is 13.2 Å². The van der Waals surface area contributed by atoms with Gasteiger partial charge in [0.05, 0.1) is 5.56 Å². The summed E-state index contributed by atoms with van der Waals surface area (Å²) in [6.45, 7) is 2.85. The molecular formula is C16H21F3N2O2. The second-order valence-corrected chi connectivity index (χ2v) is 5.83. The second-order valence-electron chi connectivity index (χ2n) is 5.83. The van der Waals surface area contributed by atoms with Crippen molar-refractivity contribution >= 4 is 5.91 Å². The molecule has 23 heavy (non-hydrogen) atoms. The molecule has 1 aliphatic rings. The van der Waals surface area contributed by atoms with Crippen LogP contribution in [0.5, 0.6) is 0 Å². The Kier molecular flexibility index (Phi) is 6.01. The number of nitrogens with zero attached hydrogens (tertiary/aromatic N) is 1. The van der Waals surface area contributed by atoms with Gasteiger partial charge in [-0.15, -0.1) is 0 Å². The Labute approximate surface area is 133 Å². The van der Waals surface area contributed by atoms with Gasteiger partial charge >= 0.3 is 6.18 Å². The van der Waals surface area contributed by atoms with Crippen molar-refractivity contribution < 1.29 is 23.1 Å². The molecule has 0 aromatic heterocycles. The van der Waals surface area contributed by atoms with E-state index in [9.17, 15) is 23.1 Å². The van der Waals surface area contributed by atoms with Gasteiger partial charge in [0, 0.05) is 31.8 Å². The van der Waals surface area contributed by atoms with Crippen molar-refractivity contribution in [2.24, 2.45) is 5.92 Å². The van der Waals surface area contributed by atoms with Crippen molar-refractivity contribution in [3.8, 4) is 0 Å². The molecule has 1 aliphatic heterocycles. The molecule has 1 saturated heterocycles. The first-order chi connectivity index (χ1) is 10.9. The minimum absolute atomic E-state index is 0.00621. The third kappa shape index (κ3) is 5.21. The Morgan fingerprint density at radius 1 is 1.39 bits per heavy atom. The zero-order chi connectivity index (χ0) is 16.9. The average Bonchev–Trinajstić information content (AvgIpc) is 2.54. The summed E-state index contributed by atoms with van der Waals surface area (Å²) < 4.78 is 37.9. The van der Waals surface area contributed by atoms with E-state index in [1.807, 2.05) is 0 Å². The fourth-order valence-electron chi connectivity index (χ4n) is 2.77. The molecule has 1 unspecified atom stereocenters. The van der Waals surface area contributed by atoms with Gasteiger partial charge in [-0.2, -0.15) is 13.2 Å². The molecule has 0 aliphatic carbocycles. The molecule has 1 aromatic carbocycles. The van der Waals surface area contributed by atoms with Crippen LogP contribution in [0.3, 0.4) is 0 Å². The summed E-state index contributed by atoms with van der Waals surface area (Å²) in [4.78, 5) is 14.1. The van der Waals surface area contributed by atoms with Crippen molar-refractivity contribution in [1.29, 1.82) is 0 Å². The van der Waals surface area contributed by atoms with Crippen molar-refractivity contribution in [2.75, 3.05) is 32.8 Å². The molecule has 1 fully saturated rings. The Morgan fingerprint density at radius 2 is 2.17 bits per heavy atom. The van der Waals surface area contributed by atoms with E-state index in [-0.39, 0.29) is 18.1 Å². The average molecular weight is 330 g/mol. The van der Waals surface area contributed by atoms with Gasteiger partial charge in [0.15, 0.2) is 0 Å². The highest BCUT2D eigenvalue weighted by Gasteiger charge is 2.30. The summed E-state index contributed by atoms with van der Waals surface area (Å²) in [5.74, 6) is -0.241. The van der Waals surface area contributed by atoms with E-state index in [0.717, 1.165) is 38.1 Å². The molecular weight excluding hydrogens is 309 g/mol. The van der Waals surface area contributed by atoms with Crippen molar-refractivity contribution in [1.82, 2.24) is 10.2 Å². The van der Waals surface area contributed by atoms with E-state index in [0.29, 0.717) is 13.1 Å². The van der Waals surface area contributed by atoms with Gasteiger partial charge in [-0.1, -0.05) is 6.07 Å². The number of hydrogen-bond donors (Lipinski definition) is 2. The number of alkyl halides is 3. The number of nitrogens with one attached hydrogen (secondary N) is 1. The number of benzene rings is 1. The highest BCUT2D eigenvalue weighted by atomic mass is 19.4. The number of likely N-dealkylation sites (tertiary alicyclic amines) is 1. The summed E-state index contributed by atoms with van der Waals surface area (Å²) in [7, 11) is 0. The van der Waals surface area contributed by atoms with E-state index in [1.54, 1.807) is 0 Å². The highest BCUT2D eigenvalue weighted by Crippen LogP contribution is 2.29. The molecule has 7 heteroatoms. The van der Waals surface area contributed by atoms with Gasteiger partial charge in [0.2, 0.25) is 0 Å². The fourth-order valence-corrected chi connectivity index (χ4v) is 2.77. The first-order valence-electron chi connectivity index (χ1n) is 7.69. The first-order valence-corrected chi connectivity index (χ1v) is 7.69. The molecule has 2 rings (SSSR count). The maximum Gasteiger partial charge on any atom is 0.416 e. The van der Waals surface area contributed by atoms with Crippen LogP contribution in [0.2, 0.25) is 0 Å². The third-order valence-corrected chi connectivity index (χ3v) is 4.03. The van der Waals surface area contributed by atoms with E-state index in [2.05, 4.69) is 10.2 Å². The summed E-state index contributed by atoms with van der Waals surface area (Å²) in [5, 5.41) is 11.8. The second kappa shape index (κ2) is 7.79. The molecule has 0 radical (unpaired) electrons. The largest absolute Gasteiger partial charge is 0.416 e. The van der Waals surface area contributed by atoms with Crippen molar-refractivity contribution in [3.63, 3.8) is 0 Å². The standard InChI is InChI=1S/C16H21F3N2O2/c17-16(18,19)14-5-1-4-13(9-14)15(23)20-6-8-21-7-2-3-12(10-21)11-22/h1,4-5,9,12,22H,2-3,6-8,10-11H2,(H,20,23). The number of halogens is 3. The lowest BCUT2D eigenvalue weighted by Crippen LogP contribution is -2.41. The predicted molar refractivity (Wildman–Crippen MR) is 80.0 cm³/mol. The van der Waals surface area contributed by atoms with Crippen LogP contribution >= 0.6 is 0 Å². The molecule has 0 spiro atoms. The van der Waals surface area contributed by atoms with Gasteiger partial charge in [0.25, 0.3) is 5.91 Å². The SMILES string of the molecule is O=C(NCCN1CCCC(CO)C1)c1cccc(C(F)(F)F)c1. The van der Waals surface area contributed by atoms with E-state index >= 15 is 0 Å². The van der Waals surface area contributed by atoms with Gasteiger partial charge in [-0.25, -0.2) is 0 Å². The number of aliphatic hydroxyl groups is 1. The molecule has 128 valence electrons. The monoisotopic (exact) mass is 330 g/mol. The maximum absolute atomic E-state index is 12.6. The maximum atomic E-state index is 12.6. The minimum atomic E-state index is -4.45. The predicted octanol–water partition coefficient (Wildman–Crippen LogP) is 2.14. The number of rotatable bonds is 5. The quantitative estimate of drug-likeness (QED) is 0.870. The zero-order valence-corrected chi connectivity index (χ0v) is 12.8. The molecule has 4 nitrogen and oxygen atoms in total. The van der Waals surface area contributed by atoms with Crippen LogP contribution in [0.25, 0.3) is 0 Å². The number of amides is 1. The highest BCUT2D eigenvalue weighted by molar-refractivity contribution is 5.94. The zero-order valence-electron chi connectivity index (χ0n) is 12.8. The lowest BCUT2D eigenvalue weighted by molar-refractivity contribution is -0.137. The topological polar surface area (TPSA) is 52.6 Å². The Hall–Kier alpha value is -1.60. The van der Waals surface area contributed by atoms with Crippen LogP contribution in [-0.4, -0.2) is 48.7 Å². The van der Waals surface area contributed by atoms with Crippen LogP contribution in [-0.2, 0) is 6.18 Å². The first kappa shape index (κ1) is 17.7. The smallest absolute Gasteiger partial charge is 0.396 e. The van der Waals surface area contributed by atoms with Crippen LogP contribution in [0.15, 0.2) is 24.3 Å². The number of piperidine rings is 1. The summed E-state index contributed by atoms with van der Waals surface area (Å²) >= 11 is 0. The van der Waals surface area contributed by atoms with E-state index in [4.69, 9.17) is 0 Å². The summed E-state index contributed by atoms with van der Waals surface area (Å²) in [5.41, 5.74) is -0.821. The molecule has 2 N–H and O–H groups in total. The van der Waals surface area contributed by atoms with Gasteiger partial charge in [0.1, 0.15) is 0 Å². The van der Waals surface area contributed by atoms with Crippen LogP contribution < -0.4 is 5.32 Å². The molecule has 1 heterocycles. The van der Waals surface area contributed by atoms with Crippen molar-refractivity contribution in [3.05, 3.63) is 35.4 Å². The van der Waals surface area contributed by atoms with Gasteiger partial charge in [-0.05, 0) is 43.5 Å². The number of carbonyl (C=O) groups excluding carboxylic acids is 1. The number of carbonyl (C=O) groups is 1. The minimum Gasteiger partial charge on any atom is -0.396 e. The lowest BCUT2D eigenvalue weighted by Gasteiger charge is -2.31. The molecule has 1 atom stereocenters. The Morgan fingerprint density at radius 3 is 2.87 bits per heavy atom. The Bertz CT molecular complexity index is 534. The van der Waals surface area contributed by atoms with E-state index in [1.165, 1.54) is 12.1 Å². The lowest BCUT2D eigenvalue weighted by atomic mass is 9.99. The summed E-state index contributed by atoms with van der Waals surface area (Å²) in [6, 6.07) is 4.40. The molecule has 0 saturated carbocycles. The van der Waals surface area contributed by atoms with Crippen LogP contribution in [0.1, 0.15) is 28.8 Å². The van der Waals surface area contributed by atoms with Gasteiger partial charge in [-0.3, -0.25) is 4.79 Å². The van der Waals surface area contributed by atoms with Crippen LogP contribution in [0, 0.1) is 5.92 Å². The molecule has 0 bridgehead atoms. The third-order valence-electron chi connectivity index (χ3n) is 4.03.